The monoisotopic (exact) mass is 382 g/mol. The highest BCUT2D eigenvalue weighted by atomic mass is 35.5. The number of nitrogens with zero attached hydrogens (tertiary/aromatic N) is 1. The van der Waals surface area contributed by atoms with Crippen LogP contribution in [0.1, 0.15) is 0 Å². The maximum absolute atomic E-state index is 12.1. The molecule has 1 N–H and O–H groups in total. The highest BCUT2D eigenvalue weighted by Crippen LogP contribution is 2.27. The largest absolute Gasteiger partial charge is 0.424 e. The summed E-state index contributed by atoms with van der Waals surface area (Å²) in [6.45, 7) is 0. The number of hydrogen-bond donors (Lipinski definition) is 1. The second-order valence-corrected chi connectivity index (χ2v) is 8.16. The van der Waals surface area contributed by atoms with Crippen LogP contribution in [-0.2, 0) is 9.73 Å². The summed E-state index contributed by atoms with van der Waals surface area (Å²) >= 11 is 11.9. The molecule has 0 fully saturated rings. The van der Waals surface area contributed by atoms with E-state index in [0.29, 0.717) is 31.9 Å². The van der Waals surface area contributed by atoms with E-state index in [-0.39, 0.29) is 0 Å². The molecular formula is C16H12Cl2N2O3S. The minimum absolute atomic E-state index is 0.323. The van der Waals surface area contributed by atoms with Gasteiger partial charge in [0.2, 0.25) is 0 Å². The zero-order chi connectivity index (χ0) is 17.5. The molecule has 3 aromatic rings. The standard InChI is InChI=1S/C16H12Cl2N2O3S/c1-24(19,22)12-5-2-10(3-6-12)15-9-23-16(21)20(15)11-4-7-13(17)14(18)8-11/h2-9,19H,1H3. The lowest BCUT2D eigenvalue weighted by Crippen LogP contribution is -2.13. The molecular weight excluding hydrogens is 371 g/mol. The number of aromatic nitrogens is 1. The number of benzene rings is 2. The maximum Gasteiger partial charge on any atom is 0.424 e. The van der Waals surface area contributed by atoms with Crippen LogP contribution in [0.4, 0.5) is 0 Å². The molecule has 24 heavy (non-hydrogen) atoms. The van der Waals surface area contributed by atoms with Gasteiger partial charge in [-0.3, -0.25) is 0 Å². The summed E-state index contributed by atoms with van der Waals surface area (Å²) < 4.78 is 25.7. The predicted octanol–water partition coefficient (Wildman–Crippen LogP) is 4.44. The average molecular weight is 383 g/mol. The van der Waals surface area contributed by atoms with Gasteiger partial charge in [0.15, 0.2) is 0 Å². The van der Waals surface area contributed by atoms with Crippen molar-refractivity contribution in [1.29, 1.82) is 4.78 Å². The Balaban J connectivity index is 2.14. The molecule has 0 saturated heterocycles. The summed E-state index contributed by atoms with van der Waals surface area (Å²) in [6.07, 6.45) is 2.69. The summed E-state index contributed by atoms with van der Waals surface area (Å²) in [5.41, 5.74) is 1.71. The van der Waals surface area contributed by atoms with Crippen LogP contribution >= 0.6 is 23.2 Å². The molecule has 1 atom stereocenters. The van der Waals surface area contributed by atoms with Crippen LogP contribution in [0.25, 0.3) is 16.9 Å². The van der Waals surface area contributed by atoms with Crippen LogP contribution in [0.2, 0.25) is 10.0 Å². The lowest BCUT2D eigenvalue weighted by molar-refractivity contribution is 0.504. The number of oxazole rings is 1. The Kier molecular flexibility index (Phi) is 4.29. The lowest BCUT2D eigenvalue weighted by Gasteiger charge is -2.08. The van der Waals surface area contributed by atoms with Gasteiger partial charge in [-0.05, 0) is 30.3 Å². The SMILES string of the molecule is CS(=N)(=O)c1ccc(-c2coc(=O)n2-c2ccc(Cl)c(Cl)c2)cc1. The van der Waals surface area contributed by atoms with E-state index in [2.05, 4.69) is 0 Å². The van der Waals surface area contributed by atoms with Gasteiger partial charge in [-0.1, -0.05) is 35.3 Å². The molecule has 2 aromatic carbocycles. The van der Waals surface area contributed by atoms with Crippen LogP contribution in [0.5, 0.6) is 0 Å². The van der Waals surface area contributed by atoms with Gasteiger partial charge in [0.25, 0.3) is 0 Å². The third kappa shape index (κ3) is 3.13. The number of rotatable bonds is 3. The van der Waals surface area contributed by atoms with Crippen molar-refractivity contribution in [2.75, 3.05) is 6.26 Å². The zero-order valence-electron chi connectivity index (χ0n) is 12.5. The number of nitrogens with one attached hydrogen (secondary N) is 1. The Labute approximate surface area is 148 Å². The fraction of sp³-hybridized carbons (Fsp3) is 0.0625. The van der Waals surface area contributed by atoms with Crippen LogP contribution in [0.3, 0.4) is 0 Å². The van der Waals surface area contributed by atoms with E-state index < -0.39 is 15.5 Å². The van der Waals surface area contributed by atoms with Gasteiger partial charge in [-0.2, -0.15) is 0 Å². The Bertz CT molecular complexity index is 1070. The van der Waals surface area contributed by atoms with Crippen molar-refractivity contribution in [3.63, 3.8) is 0 Å². The second-order valence-electron chi connectivity index (χ2n) is 5.19. The molecule has 0 spiro atoms. The van der Waals surface area contributed by atoms with Crippen LogP contribution in [0.15, 0.2) is 62.8 Å². The molecule has 1 heterocycles. The van der Waals surface area contributed by atoms with Crippen molar-refractivity contribution in [3.05, 3.63) is 69.3 Å². The predicted molar refractivity (Wildman–Crippen MR) is 94.8 cm³/mol. The number of hydrogen-bond acceptors (Lipinski definition) is 4. The highest BCUT2D eigenvalue weighted by Gasteiger charge is 2.14. The topological polar surface area (TPSA) is 76.1 Å². The molecule has 0 aliphatic carbocycles. The van der Waals surface area contributed by atoms with E-state index in [4.69, 9.17) is 32.4 Å². The fourth-order valence-corrected chi connectivity index (χ4v) is 3.21. The van der Waals surface area contributed by atoms with Gasteiger partial charge >= 0.3 is 5.76 Å². The molecule has 0 aliphatic heterocycles. The van der Waals surface area contributed by atoms with Crippen molar-refractivity contribution in [2.45, 2.75) is 4.90 Å². The van der Waals surface area contributed by atoms with Gasteiger partial charge in [0, 0.05) is 16.7 Å². The first kappa shape index (κ1) is 16.8. The van der Waals surface area contributed by atoms with E-state index in [1.54, 1.807) is 42.5 Å². The first-order valence-electron chi connectivity index (χ1n) is 6.77. The summed E-state index contributed by atoms with van der Waals surface area (Å²) in [6, 6.07) is 11.4. The number of halogens is 2. The molecule has 0 aliphatic rings. The Morgan fingerprint density at radius 2 is 1.75 bits per heavy atom. The normalized spacial score (nSPS) is 13.6. The Morgan fingerprint density at radius 3 is 2.33 bits per heavy atom. The first-order valence-corrected chi connectivity index (χ1v) is 9.50. The van der Waals surface area contributed by atoms with Crippen LogP contribution in [-0.4, -0.2) is 15.0 Å². The average Bonchev–Trinajstić information content (AvgIpc) is 2.91. The summed E-state index contributed by atoms with van der Waals surface area (Å²) in [5, 5.41) is 0.708. The molecule has 8 heteroatoms. The molecule has 1 aromatic heterocycles. The Hall–Kier alpha value is -2.02. The van der Waals surface area contributed by atoms with Crippen LogP contribution in [0, 0.1) is 4.78 Å². The second kappa shape index (κ2) is 6.12. The molecule has 124 valence electrons. The summed E-state index contributed by atoms with van der Waals surface area (Å²) in [5.74, 6) is -0.563. The van der Waals surface area contributed by atoms with E-state index in [1.165, 1.54) is 17.1 Å². The van der Waals surface area contributed by atoms with Crippen molar-refractivity contribution >= 4 is 32.9 Å². The summed E-state index contributed by atoms with van der Waals surface area (Å²) in [7, 11) is -2.79. The van der Waals surface area contributed by atoms with E-state index in [9.17, 15) is 9.00 Å². The zero-order valence-corrected chi connectivity index (χ0v) is 14.8. The minimum Gasteiger partial charge on any atom is -0.415 e. The summed E-state index contributed by atoms with van der Waals surface area (Å²) in [4.78, 5) is 12.5. The minimum atomic E-state index is -2.79. The van der Waals surface area contributed by atoms with Gasteiger partial charge in [0.05, 0.1) is 31.2 Å². The van der Waals surface area contributed by atoms with E-state index in [1.807, 2.05) is 0 Å². The third-order valence-electron chi connectivity index (χ3n) is 3.46. The van der Waals surface area contributed by atoms with E-state index in [0.717, 1.165) is 0 Å². The molecule has 0 amide bonds. The maximum atomic E-state index is 12.1. The van der Waals surface area contributed by atoms with E-state index >= 15 is 0 Å². The first-order chi connectivity index (χ1) is 11.3. The molecule has 0 bridgehead atoms. The fourth-order valence-electron chi connectivity index (χ4n) is 2.26. The third-order valence-corrected chi connectivity index (χ3v) is 5.37. The van der Waals surface area contributed by atoms with Crippen molar-refractivity contribution in [3.8, 4) is 16.9 Å². The van der Waals surface area contributed by atoms with Crippen molar-refractivity contribution < 1.29 is 8.63 Å². The van der Waals surface area contributed by atoms with Crippen molar-refractivity contribution in [1.82, 2.24) is 4.57 Å². The van der Waals surface area contributed by atoms with Gasteiger partial charge < -0.3 is 4.42 Å². The van der Waals surface area contributed by atoms with Crippen molar-refractivity contribution in [2.24, 2.45) is 0 Å². The molecule has 0 radical (unpaired) electrons. The van der Waals surface area contributed by atoms with Gasteiger partial charge in [-0.25, -0.2) is 18.4 Å². The molecule has 0 saturated carbocycles. The lowest BCUT2D eigenvalue weighted by atomic mass is 10.1. The highest BCUT2D eigenvalue weighted by molar-refractivity contribution is 7.91. The van der Waals surface area contributed by atoms with Gasteiger partial charge in [0.1, 0.15) is 6.26 Å². The molecule has 1 unspecified atom stereocenters. The quantitative estimate of drug-likeness (QED) is 0.727. The molecule has 3 rings (SSSR count). The van der Waals surface area contributed by atoms with Crippen LogP contribution < -0.4 is 5.76 Å². The Morgan fingerprint density at radius 1 is 1.08 bits per heavy atom. The molecule has 5 nitrogen and oxygen atoms in total. The smallest absolute Gasteiger partial charge is 0.415 e. The van der Waals surface area contributed by atoms with Gasteiger partial charge in [-0.15, -0.1) is 0 Å².